The predicted molar refractivity (Wildman–Crippen MR) is 119 cm³/mol. The molecule has 2 amide bonds. The van der Waals surface area contributed by atoms with Crippen LogP contribution in [0.15, 0.2) is 42.5 Å². The fourth-order valence-electron chi connectivity index (χ4n) is 3.85. The molecule has 2 aromatic carbocycles. The molecular weight excluding hydrogens is 423 g/mol. The lowest BCUT2D eigenvalue weighted by atomic mass is 10.0. The Balaban J connectivity index is 1.46. The van der Waals surface area contributed by atoms with Gasteiger partial charge in [0.05, 0.1) is 18.2 Å². The number of rotatable bonds is 6. The first-order valence-corrected chi connectivity index (χ1v) is 10.9. The van der Waals surface area contributed by atoms with Crippen LogP contribution < -0.4 is 10.1 Å². The van der Waals surface area contributed by atoms with Crippen molar-refractivity contribution in [3.63, 3.8) is 0 Å². The third-order valence-corrected chi connectivity index (χ3v) is 5.85. The van der Waals surface area contributed by atoms with Crippen molar-refractivity contribution < 1.29 is 18.7 Å². The van der Waals surface area contributed by atoms with E-state index >= 15 is 0 Å². The zero-order valence-corrected chi connectivity index (χ0v) is 18.0. The van der Waals surface area contributed by atoms with E-state index in [1.54, 1.807) is 24.3 Å². The highest BCUT2D eigenvalue weighted by Crippen LogP contribution is 2.32. The second-order valence-electron chi connectivity index (χ2n) is 8.30. The maximum Gasteiger partial charge on any atom is 0.236 e. The summed E-state index contributed by atoms with van der Waals surface area (Å²) in [5.41, 5.74) is 2.57. The number of likely N-dealkylation sites (tertiary alicyclic amines) is 1. The Morgan fingerprint density at radius 1 is 1.12 bits per heavy atom. The maximum atomic E-state index is 14.7. The molecule has 8 heteroatoms. The highest BCUT2D eigenvalue weighted by atomic mass is 19.1. The average Bonchev–Trinajstić information content (AvgIpc) is 3.66. The lowest BCUT2D eigenvalue weighted by Gasteiger charge is -2.34. The largest absolute Gasteiger partial charge is 0.486 e. The Bertz CT molecular complexity index is 1150. The molecule has 2 aliphatic rings. The number of hydrogen-bond donors (Lipinski definition) is 1. The third kappa shape index (κ3) is 5.30. The SMILES string of the molecule is N#CCC(=O)N1CC[C@H](Oc2ccc(-c3cccc(NC(=O)C4CC4)c3)cc2C#N)[C@H](F)C1. The summed E-state index contributed by atoms with van der Waals surface area (Å²) in [6.07, 6.45) is -0.354. The van der Waals surface area contributed by atoms with E-state index in [0.29, 0.717) is 12.2 Å². The fourth-order valence-corrected chi connectivity index (χ4v) is 3.85. The predicted octanol–water partition coefficient (Wildman–Crippen LogP) is 3.81. The van der Waals surface area contributed by atoms with E-state index in [2.05, 4.69) is 11.4 Å². The Morgan fingerprint density at radius 2 is 1.91 bits per heavy atom. The van der Waals surface area contributed by atoms with Crippen LogP contribution in [-0.4, -0.2) is 42.1 Å². The van der Waals surface area contributed by atoms with Crippen LogP contribution in [0.5, 0.6) is 5.75 Å². The van der Waals surface area contributed by atoms with E-state index in [4.69, 9.17) is 10.00 Å². The molecule has 168 valence electrons. The van der Waals surface area contributed by atoms with Gasteiger partial charge in [0.25, 0.3) is 0 Å². The van der Waals surface area contributed by atoms with Gasteiger partial charge in [-0.3, -0.25) is 9.59 Å². The molecule has 1 aliphatic heterocycles. The van der Waals surface area contributed by atoms with Crippen molar-refractivity contribution in [2.24, 2.45) is 5.92 Å². The molecule has 1 saturated heterocycles. The average molecular weight is 446 g/mol. The van der Waals surface area contributed by atoms with Crippen LogP contribution >= 0.6 is 0 Å². The number of halogens is 1. The number of ether oxygens (including phenoxy) is 1. The number of piperidine rings is 1. The number of nitrogens with zero attached hydrogens (tertiary/aromatic N) is 3. The van der Waals surface area contributed by atoms with Gasteiger partial charge in [-0.2, -0.15) is 10.5 Å². The maximum absolute atomic E-state index is 14.7. The molecule has 1 N–H and O–H groups in total. The van der Waals surface area contributed by atoms with E-state index in [-0.39, 0.29) is 42.5 Å². The Morgan fingerprint density at radius 3 is 2.61 bits per heavy atom. The number of alkyl halides is 1. The van der Waals surface area contributed by atoms with E-state index in [1.165, 1.54) is 4.90 Å². The van der Waals surface area contributed by atoms with Crippen molar-refractivity contribution in [3.8, 4) is 29.0 Å². The minimum atomic E-state index is -1.42. The van der Waals surface area contributed by atoms with Crippen LogP contribution in [0.1, 0.15) is 31.2 Å². The lowest BCUT2D eigenvalue weighted by Crippen LogP contribution is -2.49. The number of carbonyl (C=O) groups excluding carboxylic acids is 2. The standard InChI is InChI=1S/C25H23FN4O3/c26-21-15-30(24(31)8-10-27)11-9-23(21)33-22-7-6-18(12-19(22)14-28)17-2-1-3-20(13-17)29-25(32)16-4-5-16/h1-3,6-7,12-13,16,21,23H,4-5,8-9,11,15H2,(H,29,32)/t21-,23+/m1/s1. The molecule has 0 unspecified atom stereocenters. The number of carbonyl (C=O) groups is 2. The smallest absolute Gasteiger partial charge is 0.236 e. The summed E-state index contributed by atoms with van der Waals surface area (Å²) in [5.74, 6) is 0.0146. The Labute approximate surface area is 191 Å². The van der Waals surface area contributed by atoms with Crippen molar-refractivity contribution in [1.29, 1.82) is 10.5 Å². The van der Waals surface area contributed by atoms with Gasteiger partial charge in [0.15, 0.2) is 6.17 Å². The molecule has 0 aromatic heterocycles. The van der Waals surface area contributed by atoms with Gasteiger partial charge in [-0.1, -0.05) is 18.2 Å². The first-order valence-electron chi connectivity index (χ1n) is 10.9. The molecule has 0 radical (unpaired) electrons. The number of benzene rings is 2. The third-order valence-electron chi connectivity index (χ3n) is 5.85. The number of amides is 2. The second-order valence-corrected chi connectivity index (χ2v) is 8.30. The number of anilines is 1. The molecule has 1 saturated carbocycles. The molecule has 0 spiro atoms. The van der Waals surface area contributed by atoms with Gasteiger partial charge in [-0.05, 0) is 48.2 Å². The minimum absolute atomic E-state index is 0.0229. The molecule has 2 fully saturated rings. The van der Waals surface area contributed by atoms with Gasteiger partial charge >= 0.3 is 0 Å². The van der Waals surface area contributed by atoms with Crippen molar-refractivity contribution in [2.75, 3.05) is 18.4 Å². The molecule has 2 aromatic rings. The Hall–Kier alpha value is -3.91. The second kappa shape index (κ2) is 9.70. The van der Waals surface area contributed by atoms with Gasteiger partial charge in [-0.25, -0.2) is 4.39 Å². The summed E-state index contributed by atoms with van der Waals surface area (Å²) in [6, 6.07) is 16.4. The summed E-state index contributed by atoms with van der Waals surface area (Å²) in [5, 5.41) is 21.2. The van der Waals surface area contributed by atoms with Crippen molar-refractivity contribution in [3.05, 3.63) is 48.0 Å². The van der Waals surface area contributed by atoms with Gasteiger partial charge in [0.1, 0.15) is 24.3 Å². The lowest BCUT2D eigenvalue weighted by molar-refractivity contribution is -0.134. The van der Waals surface area contributed by atoms with Crippen LogP contribution in [0.3, 0.4) is 0 Å². The molecule has 1 aliphatic carbocycles. The van der Waals surface area contributed by atoms with Crippen LogP contribution in [-0.2, 0) is 9.59 Å². The normalized spacial score (nSPS) is 19.8. The number of nitriles is 2. The van der Waals surface area contributed by atoms with E-state index < -0.39 is 18.2 Å². The van der Waals surface area contributed by atoms with E-state index in [0.717, 1.165) is 24.0 Å². The highest BCUT2D eigenvalue weighted by Gasteiger charge is 2.33. The van der Waals surface area contributed by atoms with Crippen molar-refractivity contribution in [1.82, 2.24) is 4.90 Å². The van der Waals surface area contributed by atoms with Crippen molar-refractivity contribution >= 4 is 17.5 Å². The van der Waals surface area contributed by atoms with Gasteiger partial charge in [0, 0.05) is 24.6 Å². The van der Waals surface area contributed by atoms with E-state index in [9.17, 15) is 19.2 Å². The number of nitrogens with one attached hydrogen (secondary N) is 1. The highest BCUT2D eigenvalue weighted by molar-refractivity contribution is 5.94. The van der Waals surface area contributed by atoms with Gasteiger partial charge in [-0.15, -0.1) is 0 Å². The fraction of sp³-hybridized carbons (Fsp3) is 0.360. The summed E-state index contributed by atoms with van der Waals surface area (Å²) in [7, 11) is 0. The van der Waals surface area contributed by atoms with Crippen LogP contribution in [0.4, 0.5) is 10.1 Å². The van der Waals surface area contributed by atoms with Gasteiger partial charge in [0.2, 0.25) is 11.8 Å². The first kappa shape index (κ1) is 22.3. The monoisotopic (exact) mass is 446 g/mol. The molecule has 7 nitrogen and oxygen atoms in total. The summed E-state index contributed by atoms with van der Waals surface area (Å²) >= 11 is 0. The topological polar surface area (TPSA) is 106 Å². The quantitative estimate of drug-likeness (QED) is 0.726. The van der Waals surface area contributed by atoms with E-state index in [1.807, 2.05) is 24.3 Å². The molecule has 33 heavy (non-hydrogen) atoms. The minimum Gasteiger partial charge on any atom is -0.486 e. The van der Waals surface area contributed by atoms with Crippen LogP contribution in [0.25, 0.3) is 11.1 Å². The summed E-state index contributed by atoms with van der Waals surface area (Å²) in [4.78, 5) is 25.2. The summed E-state index contributed by atoms with van der Waals surface area (Å²) < 4.78 is 20.5. The zero-order chi connectivity index (χ0) is 23.4. The van der Waals surface area contributed by atoms with Gasteiger partial charge < -0.3 is 15.0 Å². The number of hydrogen-bond acceptors (Lipinski definition) is 5. The zero-order valence-electron chi connectivity index (χ0n) is 18.0. The molecular formula is C25H23FN4O3. The molecule has 1 heterocycles. The van der Waals surface area contributed by atoms with Crippen LogP contribution in [0.2, 0.25) is 0 Å². The van der Waals surface area contributed by atoms with Crippen molar-refractivity contribution in [2.45, 2.75) is 38.0 Å². The molecule has 0 bridgehead atoms. The molecule has 2 atom stereocenters. The van der Waals surface area contributed by atoms with Crippen LogP contribution in [0, 0.1) is 28.6 Å². The Kier molecular flexibility index (Phi) is 6.55. The molecule has 4 rings (SSSR count). The summed E-state index contributed by atoms with van der Waals surface area (Å²) in [6.45, 7) is 0.162. The first-order chi connectivity index (χ1) is 16.0.